The summed E-state index contributed by atoms with van der Waals surface area (Å²) in [5.41, 5.74) is 5.67. The maximum atomic E-state index is 13.2. The Morgan fingerprint density at radius 1 is 1.11 bits per heavy atom. The molecule has 0 atom stereocenters. The summed E-state index contributed by atoms with van der Waals surface area (Å²) in [6.45, 7) is 2.35. The summed E-state index contributed by atoms with van der Waals surface area (Å²) in [5, 5.41) is 1.69. The maximum absolute atomic E-state index is 13.2. The molecule has 27 heavy (non-hydrogen) atoms. The second-order valence-corrected chi connectivity index (χ2v) is 8.05. The Morgan fingerprint density at radius 3 is 2.70 bits per heavy atom. The van der Waals surface area contributed by atoms with E-state index >= 15 is 0 Å². The molecule has 1 aromatic heterocycles. The van der Waals surface area contributed by atoms with Gasteiger partial charge in [0, 0.05) is 42.6 Å². The molecular formula is C22H24ClN3O. The Bertz CT molecular complexity index is 1020. The van der Waals surface area contributed by atoms with E-state index in [1.54, 1.807) is 0 Å². The van der Waals surface area contributed by atoms with Crippen LogP contribution in [0.25, 0.3) is 10.9 Å². The molecule has 0 radical (unpaired) electrons. The number of amides is 1. The van der Waals surface area contributed by atoms with Crippen LogP contribution in [0.3, 0.4) is 0 Å². The van der Waals surface area contributed by atoms with E-state index < -0.39 is 0 Å². The molecule has 0 aliphatic carbocycles. The Kier molecular flexibility index (Phi) is 4.70. The zero-order chi connectivity index (χ0) is 19.1. The number of halogens is 1. The highest BCUT2D eigenvalue weighted by Gasteiger charge is 2.24. The van der Waals surface area contributed by atoms with Gasteiger partial charge >= 0.3 is 0 Å². The fourth-order valence-corrected chi connectivity index (χ4v) is 4.11. The summed E-state index contributed by atoms with van der Waals surface area (Å²) < 4.78 is 1.96. The number of carbonyl (C=O) groups excluding carboxylic acids is 1. The third-order valence-electron chi connectivity index (χ3n) is 5.29. The van der Waals surface area contributed by atoms with Gasteiger partial charge in [0.1, 0.15) is 5.69 Å². The Balaban J connectivity index is 1.59. The van der Waals surface area contributed by atoms with Gasteiger partial charge in [-0.15, -0.1) is 0 Å². The van der Waals surface area contributed by atoms with E-state index in [0.29, 0.717) is 17.3 Å². The topological polar surface area (TPSA) is 28.5 Å². The first-order chi connectivity index (χ1) is 12.9. The quantitative estimate of drug-likeness (QED) is 0.683. The average Bonchev–Trinajstić information content (AvgIpc) is 2.96. The first-order valence-electron chi connectivity index (χ1n) is 9.22. The van der Waals surface area contributed by atoms with Crippen molar-refractivity contribution in [2.75, 3.05) is 20.6 Å². The summed E-state index contributed by atoms with van der Waals surface area (Å²) in [7, 11) is 6.10. The standard InChI is InChI=1S/C22H24ClN3O/c1-24(2)13-15-4-5-17-14-26(9-8-16(17)10-15)22(27)21-12-18-11-19(23)6-7-20(18)25(21)3/h4-7,10-12H,8-9,13-14H2,1-3H3. The van der Waals surface area contributed by atoms with Gasteiger partial charge in [-0.25, -0.2) is 0 Å². The fourth-order valence-electron chi connectivity index (χ4n) is 3.93. The summed E-state index contributed by atoms with van der Waals surface area (Å²) in [4.78, 5) is 17.3. The lowest BCUT2D eigenvalue weighted by Crippen LogP contribution is -2.36. The third-order valence-corrected chi connectivity index (χ3v) is 5.53. The number of fused-ring (bicyclic) bond motifs is 2. The molecule has 0 saturated carbocycles. The zero-order valence-electron chi connectivity index (χ0n) is 16.0. The molecule has 0 saturated heterocycles. The predicted octanol–water partition coefficient (Wildman–Crippen LogP) is 4.09. The number of hydrogen-bond donors (Lipinski definition) is 0. The Hall–Kier alpha value is -2.30. The van der Waals surface area contributed by atoms with E-state index in [0.717, 1.165) is 30.4 Å². The van der Waals surface area contributed by atoms with Crippen molar-refractivity contribution in [3.63, 3.8) is 0 Å². The zero-order valence-corrected chi connectivity index (χ0v) is 16.8. The van der Waals surface area contributed by atoms with Crippen molar-refractivity contribution in [2.45, 2.75) is 19.5 Å². The molecule has 1 amide bonds. The third kappa shape index (κ3) is 3.47. The molecule has 5 heteroatoms. The number of aromatic nitrogens is 1. The van der Waals surface area contributed by atoms with Crippen LogP contribution >= 0.6 is 11.6 Å². The summed E-state index contributed by atoms with van der Waals surface area (Å²) >= 11 is 6.10. The van der Waals surface area contributed by atoms with Crippen LogP contribution in [0.2, 0.25) is 5.02 Å². The van der Waals surface area contributed by atoms with Gasteiger partial charge in [-0.1, -0.05) is 29.8 Å². The van der Waals surface area contributed by atoms with Crippen molar-refractivity contribution in [3.05, 3.63) is 69.9 Å². The van der Waals surface area contributed by atoms with Crippen LogP contribution in [0, 0.1) is 0 Å². The fraction of sp³-hybridized carbons (Fsp3) is 0.318. The second kappa shape index (κ2) is 7.02. The van der Waals surface area contributed by atoms with Crippen molar-refractivity contribution >= 4 is 28.4 Å². The average molecular weight is 382 g/mol. The minimum absolute atomic E-state index is 0.0767. The molecule has 1 aliphatic rings. The molecule has 4 rings (SSSR count). The van der Waals surface area contributed by atoms with Crippen LogP contribution in [-0.4, -0.2) is 40.9 Å². The van der Waals surface area contributed by atoms with Gasteiger partial charge in [0.05, 0.1) is 0 Å². The predicted molar refractivity (Wildman–Crippen MR) is 110 cm³/mol. The first kappa shape index (κ1) is 18.1. The van der Waals surface area contributed by atoms with Crippen LogP contribution in [-0.2, 0) is 26.6 Å². The molecule has 0 bridgehead atoms. The molecule has 0 fully saturated rings. The van der Waals surface area contributed by atoms with Crippen molar-refractivity contribution in [1.29, 1.82) is 0 Å². The number of nitrogens with zero attached hydrogens (tertiary/aromatic N) is 3. The van der Waals surface area contributed by atoms with Crippen molar-refractivity contribution in [2.24, 2.45) is 7.05 Å². The second-order valence-electron chi connectivity index (χ2n) is 7.61. The number of benzene rings is 2. The molecule has 140 valence electrons. The molecule has 0 unspecified atom stereocenters. The van der Waals surface area contributed by atoms with Gasteiger partial charge in [0.25, 0.3) is 5.91 Å². The summed E-state index contributed by atoms with van der Waals surface area (Å²) in [6, 6.07) is 14.3. The van der Waals surface area contributed by atoms with Gasteiger partial charge in [-0.05, 0) is 61.5 Å². The molecule has 2 heterocycles. The van der Waals surface area contributed by atoms with Gasteiger partial charge in [0.2, 0.25) is 0 Å². The van der Waals surface area contributed by atoms with Crippen LogP contribution in [0.15, 0.2) is 42.5 Å². The number of hydrogen-bond acceptors (Lipinski definition) is 2. The van der Waals surface area contributed by atoms with Gasteiger partial charge < -0.3 is 14.4 Å². The van der Waals surface area contributed by atoms with E-state index in [-0.39, 0.29) is 5.91 Å². The van der Waals surface area contributed by atoms with Gasteiger partial charge in [-0.3, -0.25) is 4.79 Å². The smallest absolute Gasteiger partial charge is 0.270 e. The van der Waals surface area contributed by atoms with Crippen LogP contribution in [0.1, 0.15) is 27.2 Å². The Labute approximate surface area is 164 Å². The van der Waals surface area contributed by atoms with Crippen LogP contribution in [0.4, 0.5) is 0 Å². The monoisotopic (exact) mass is 381 g/mol. The van der Waals surface area contributed by atoms with Crippen molar-refractivity contribution in [3.8, 4) is 0 Å². The van der Waals surface area contributed by atoms with Crippen molar-refractivity contribution < 1.29 is 4.79 Å². The molecular weight excluding hydrogens is 358 g/mol. The largest absolute Gasteiger partial charge is 0.340 e. The molecule has 2 aromatic carbocycles. The lowest BCUT2D eigenvalue weighted by atomic mass is 9.97. The van der Waals surface area contributed by atoms with E-state index in [9.17, 15) is 4.79 Å². The normalized spacial score (nSPS) is 14.0. The van der Waals surface area contributed by atoms with Crippen molar-refractivity contribution in [1.82, 2.24) is 14.4 Å². The van der Waals surface area contributed by atoms with Gasteiger partial charge in [-0.2, -0.15) is 0 Å². The number of aryl methyl sites for hydroxylation is 1. The highest BCUT2D eigenvalue weighted by Crippen LogP contribution is 2.26. The minimum Gasteiger partial charge on any atom is -0.340 e. The number of rotatable bonds is 3. The van der Waals surface area contributed by atoms with Gasteiger partial charge in [0.15, 0.2) is 0 Å². The van der Waals surface area contributed by atoms with E-state index in [2.05, 4.69) is 37.2 Å². The molecule has 4 nitrogen and oxygen atoms in total. The highest BCUT2D eigenvalue weighted by atomic mass is 35.5. The van der Waals surface area contributed by atoms with E-state index in [1.165, 1.54) is 16.7 Å². The van der Waals surface area contributed by atoms with E-state index in [1.807, 2.05) is 40.8 Å². The molecule has 3 aromatic rings. The highest BCUT2D eigenvalue weighted by molar-refractivity contribution is 6.31. The van der Waals surface area contributed by atoms with Crippen LogP contribution in [0.5, 0.6) is 0 Å². The lowest BCUT2D eigenvalue weighted by Gasteiger charge is -2.29. The maximum Gasteiger partial charge on any atom is 0.270 e. The minimum atomic E-state index is 0.0767. The van der Waals surface area contributed by atoms with E-state index in [4.69, 9.17) is 11.6 Å². The lowest BCUT2D eigenvalue weighted by molar-refractivity contribution is 0.0725. The number of carbonyl (C=O) groups is 1. The molecule has 1 aliphatic heterocycles. The molecule has 0 N–H and O–H groups in total. The SMILES string of the molecule is CN(C)Cc1ccc2c(c1)CCN(C(=O)c1cc3cc(Cl)ccc3n1C)C2. The van der Waals surface area contributed by atoms with Crippen LogP contribution < -0.4 is 0 Å². The molecule has 0 spiro atoms. The summed E-state index contributed by atoms with van der Waals surface area (Å²) in [6.07, 6.45) is 0.901. The first-order valence-corrected chi connectivity index (χ1v) is 9.60. The Morgan fingerprint density at radius 2 is 1.93 bits per heavy atom. The summed E-state index contributed by atoms with van der Waals surface area (Å²) in [5.74, 6) is 0.0767.